The van der Waals surface area contributed by atoms with Gasteiger partial charge in [-0.15, -0.1) is 35.3 Å². The zero-order valence-electron chi connectivity index (χ0n) is 13.6. The van der Waals surface area contributed by atoms with Gasteiger partial charge in [-0.25, -0.2) is 4.98 Å². The summed E-state index contributed by atoms with van der Waals surface area (Å²) in [6.45, 7) is 5.45. The monoisotopic (exact) mass is 450 g/mol. The van der Waals surface area contributed by atoms with E-state index in [9.17, 15) is 0 Å². The van der Waals surface area contributed by atoms with E-state index in [-0.39, 0.29) is 24.0 Å². The fraction of sp³-hybridized carbons (Fsp3) is 0.571. The number of hydrogen-bond donors (Lipinski definition) is 2. The molecular weight excluding hydrogens is 427 g/mol. The molecule has 0 amide bonds. The standard InChI is InChI=1S/C14H22N6OS.HI/c1-4-11-9-18-13(22-11)6-8-17-14(15-3)16-7-5-12-19-10(2)20-21-12;/h9H,4-8H2,1-3H3,(H2,15,16,17);1H. The molecule has 0 radical (unpaired) electrons. The molecule has 0 saturated carbocycles. The highest BCUT2D eigenvalue weighted by Gasteiger charge is 2.04. The van der Waals surface area contributed by atoms with Gasteiger partial charge in [0.25, 0.3) is 0 Å². The Hall–Kier alpha value is -1.23. The van der Waals surface area contributed by atoms with E-state index in [1.54, 1.807) is 18.4 Å². The lowest BCUT2D eigenvalue weighted by Gasteiger charge is -2.10. The van der Waals surface area contributed by atoms with Crippen LogP contribution in [0.15, 0.2) is 15.7 Å². The Balaban J connectivity index is 0.00000264. The second-order valence-electron chi connectivity index (χ2n) is 4.73. The summed E-state index contributed by atoms with van der Waals surface area (Å²) >= 11 is 1.77. The second-order valence-corrected chi connectivity index (χ2v) is 5.93. The molecule has 0 aliphatic rings. The number of aryl methyl sites for hydroxylation is 2. The van der Waals surface area contributed by atoms with E-state index in [1.165, 1.54) is 4.88 Å². The van der Waals surface area contributed by atoms with Gasteiger partial charge in [-0.1, -0.05) is 12.1 Å². The van der Waals surface area contributed by atoms with Crippen molar-refractivity contribution in [2.24, 2.45) is 4.99 Å². The van der Waals surface area contributed by atoms with Crippen molar-refractivity contribution in [2.75, 3.05) is 20.1 Å². The Morgan fingerprint density at radius 2 is 2.04 bits per heavy atom. The minimum Gasteiger partial charge on any atom is -0.356 e. The number of hydrogen-bond acceptors (Lipinski definition) is 6. The number of guanidine groups is 1. The number of nitrogens with one attached hydrogen (secondary N) is 2. The molecule has 0 bridgehead atoms. The molecule has 9 heteroatoms. The van der Waals surface area contributed by atoms with Crippen molar-refractivity contribution in [3.05, 3.63) is 27.8 Å². The molecule has 0 saturated heterocycles. The molecule has 0 fully saturated rings. The molecule has 2 aromatic rings. The summed E-state index contributed by atoms with van der Waals surface area (Å²) < 4.78 is 5.06. The SMILES string of the molecule is CCc1cnc(CCNC(=NC)NCCc2nc(C)no2)s1.I. The summed E-state index contributed by atoms with van der Waals surface area (Å²) in [7, 11) is 1.75. The molecule has 0 aliphatic carbocycles. The average Bonchev–Trinajstić information content (AvgIpc) is 3.14. The lowest BCUT2D eigenvalue weighted by Crippen LogP contribution is -2.39. The van der Waals surface area contributed by atoms with Crippen molar-refractivity contribution in [1.82, 2.24) is 25.8 Å². The van der Waals surface area contributed by atoms with E-state index in [4.69, 9.17) is 4.52 Å². The van der Waals surface area contributed by atoms with Crippen LogP contribution in [-0.4, -0.2) is 41.2 Å². The van der Waals surface area contributed by atoms with Crippen molar-refractivity contribution in [1.29, 1.82) is 0 Å². The van der Waals surface area contributed by atoms with Crippen LogP contribution in [-0.2, 0) is 19.3 Å². The van der Waals surface area contributed by atoms with Crippen molar-refractivity contribution in [3.8, 4) is 0 Å². The van der Waals surface area contributed by atoms with Gasteiger partial charge in [0.2, 0.25) is 5.89 Å². The summed E-state index contributed by atoms with van der Waals surface area (Å²) in [5.74, 6) is 2.06. The summed E-state index contributed by atoms with van der Waals surface area (Å²) in [6, 6.07) is 0. The largest absolute Gasteiger partial charge is 0.356 e. The van der Waals surface area contributed by atoms with Gasteiger partial charge in [-0.2, -0.15) is 4.98 Å². The number of aliphatic imine (C=N–C) groups is 1. The Morgan fingerprint density at radius 3 is 2.61 bits per heavy atom. The van der Waals surface area contributed by atoms with E-state index < -0.39 is 0 Å². The van der Waals surface area contributed by atoms with E-state index in [2.05, 4.69) is 37.7 Å². The van der Waals surface area contributed by atoms with Crippen LogP contribution in [0.3, 0.4) is 0 Å². The molecule has 7 nitrogen and oxygen atoms in total. The first-order chi connectivity index (χ1) is 10.7. The third kappa shape index (κ3) is 6.81. The molecular formula is C14H23IN6OS. The van der Waals surface area contributed by atoms with Crippen LogP contribution in [0.25, 0.3) is 0 Å². The van der Waals surface area contributed by atoms with Crippen LogP contribution in [0.4, 0.5) is 0 Å². The quantitative estimate of drug-likeness (QED) is 0.381. The molecule has 2 N–H and O–H groups in total. The maximum atomic E-state index is 5.06. The molecule has 0 atom stereocenters. The van der Waals surface area contributed by atoms with Crippen LogP contribution in [0.5, 0.6) is 0 Å². The van der Waals surface area contributed by atoms with Crippen molar-refractivity contribution >= 4 is 41.3 Å². The van der Waals surface area contributed by atoms with Gasteiger partial charge in [0.15, 0.2) is 11.8 Å². The zero-order chi connectivity index (χ0) is 15.8. The lowest BCUT2D eigenvalue weighted by atomic mass is 10.4. The summed E-state index contributed by atoms with van der Waals surface area (Å²) in [6.07, 6.45) is 4.57. The van der Waals surface area contributed by atoms with Crippen LogP contribution < -0.4 is 10.6 Å². The normalized spacial score (nSPS) is 11.2. The molecule has 0 spiro atoms. The minimum atomic E-state index is 0. The van der Waals surface area contributed by atoms with Crippen LogP contribution in [0.1, 0.15) is 28.5 Å². The predicted octanol–water partition coefficient (Wildman–Crippen LogP) is 1.97. The number of aromatic nitrogens is 3. The van der Waals surface area contributed by atoms with Gasteiger partial charge in [-0.3, -0.25) is 4.99 Å². The molecule has 0 aromatic carbocycles. The Bertz CT molecular complexity index is 612. The lowest BCUT2D eigenvalue weighted by molar-refractivity contribution is 0.374. The maximum Gasteiger partial charge on any atom is 0.228 e. The van der Waals surface area contributed by atoms with Crippen molar-refractivity contribution in [3.63, 3.8) is 0 Å². The molecule has 128 valence electrons. The highest BCUT2D eigenvalue weighted by molar-refractivity contribution is 14.0. The number of thiazole rings is 1. The van der Waals surface area contributed by atoms with E-state index in [0.29, 0.717) is 24.7 Å². The van der Waals surface area contributed by atoms with E-state index >= 15 is 0 Å². The van der Waals surface area contributed by atoms with Gasteiger partial charge >= 0.3 is 0 Å². The fourth-order valence-electron chi connectivity index (χ4n) is 1.86. The van der Waals surface area contributed by atoms with E-state index in [0.717, 1.165) is 30.4 Å². The van der Waals surface area contributed by atoms with Gasteiger partial charge < -0.3 is 15.2 Å². The minimum absolute atomic E-state index is 0. The Labute approximate surface area is 157 Å². The van der Waals surface area contributed by atoms with Gasteiger partial charge in [0, 0.05) is 44.1 Å². The summed E-state index contributed by atoms with van der Waals surface area (Å²) in [4.78, 5) is 14.1. The number of nitrogens with zero attached hydrogens (tertiary/aromatic N) is 4. The Morgan fingerprint density at radius 1 is 1.30 bits per heavy atom. The van der Waals surface area contributed by atoms with Gasteiger partial charge in [-0.05, 0) is 13.3 Å². The third-order valence-electron chi connectivity index (χ3n) is 3.01. The predicted molar refractivity (Wildman–Crippen MR) is 103 cm³/mol. The molecule has 2 aromatic heterocycles. The van der Waals surface area contributed by atoms with Crippen LogP contribution in [0.2, 0.25) is 0 Å². The third-order valence-corrected chi connectivity index (χ3v) is 4.21. The fourth-order valence-corrected chi connectivity index (χ4v) is 2.73. The van der Waals surface area contributed by atoms with Crippen molar-refractivity contribution in [2.45, 2.75) is 33.1 Å². The molecule has 23 heavy (non-hydrogen) atoms. The smallest absolute Gasteiger partial charge is 0.228 e. The summed E-state index contributed by atoms with van der Waals surface area (Å²) in [5, 5.41) is 11.4. The molecule has 2 heterocycles. The summed E-state index contributed by atoms with van der Waals surface area (Å²) in [5.41, 5.74) is 0. The zero-order valence-corrected chi connectivity index (χ0v) is 16.8. The topological polar surface area (TPSA) is 88.2 Å². The number of rotatable bonds is 7. The highest BCUT2D eigenvalue weighted by Crippen LogP contribution is 2.13. The van der Waals surface area contributed by atoms with E-state index in [1.807, 2.05) is 13.1 Å². The van der Waals surface area contributed by atoms with Crippen LogP contribution >= 0.6 is 35.3 Å². The first-order valence-electron chi connectivity index (χ1n) is 7.38. The Kier molecular flexibility index (Phi) is 9.07. The molecule has 0 aliphatic heterocycles. The molecule has 2 rings (SSSR count). The van der Waals surface area contributed by atoms with Gasteiger partial charge in [0.1, 0.15) is 0 Å². The highest BCUT2D eigenvalue weighted by atomic mass is 127. The first-order valence-corrected chi connectivity index (χ1v) is 8.20. The maximum absolute atomic E-state index is 5.06. The first kappa shape index (κ1) is 19.8. The second kappa shape index (κ2) is 10.5. The van der Waals surface area contributed by atoms with Gasteiger partial charge in [0.05, 0.1) is 5.01 Å². The number of halogens is 1. The average molecular weight is 450 g/mol. The van der Waals surface area contributed by atoms with Crippen molar-refractivity contribution < 1.29 is 4.52 Å². The van der Waals surface area contributed by atoms with Crippen LogP contribution in [0, 0.1) is 6.92 Å². The molecule has 0 unspecified atom stereocenters.